The van der Waals surface area contributed by atoms with Gasteiger partial charge in [-0.05, 0) is 65.9 Å². The number of hydrogen-bond donors (Lipinski definition) is 0. The zero-order chi connectivity index (χ0) is 22.6. The number of nitrogens with zero attached hydrogens (tertiary/aromatic N) is 1. The molecule has 2 nitrogen and oxygen atoms in total. The zero-order valence-corrected chi connectivity index (χ0v) is 22.1. The molecule has 0 spiro atoms. The highest BCUT2D eigenvalue weighted by molar-refractivity contribution is 7.35. The van der Waals surface area contributed by atoms with Crippen molar-refractivity contribution in [1.82, 2.24) is 4.57 Å². The third kappa shape index (κ3) is 4.60. The summed E-state index contributed by atoms with van der Waals surface area (Å²) < 4.78 is 14.3. The average molecular weight is 496 g/mol. The van der Waals surface area contributed by atoms with Crippen LogP contribution in [0, 0.1) is 0 Å². The molecule has 0 saturated carbocycles. The van der Waals surface area contributed by atoms with Gasteiger partial charge in [0.2, 0.25) is 0 Å². The van der Waals surface area contributed by atoms with Gasteiger partial charge in [0.1, 0.15) is 5.75 Å². The zero-order valence-electron chi connectivity index (χ0n) is 19.7. The van der Waals surface area contributed by atoms with Crippen LogP contribution in [-0.4, -0.2) is 11.2 Å². The molecule has 0 N–H and O–H groups in total. The van der Waals surface area contributed by atoms with Gasteiger partial charge in [0, 0.05) is 5.69 Å². The molecular formula is C28H33NOS3. The molecule has 0 radical (unpaired) electrons. The van der Waals surface area contributed by atoms with Gasteiger partial charge < -0.3 is 9.30 Å². The molecule has 0 saturated heterocycles. The van der Waals surface area contributed by atoms with E-state index in [0.29, 0.717) is 0 Å². The number of thiophene rings is 3. The molecule has 0 aliphatic rings. The number of ether oxygens (including phenoxy) is 1. The summed E-state index contributed by atoms with van der Waals surface area (Å²) in [7, 11) is 0. The van der Waals surface area contributed by atoms with E-state index in [4.69, 9.17) is 4.74 Å². The van der Waals surface area contributed by atoms with Crippen LogP contribution >= 0.6 is 34.0 Å². The largest absolute Gasteiger partial charge is 0.494 e. The van der Waals surface area contributed by atoms with E-state index in [1.807, 2.05) is 34.0 Å². The van der Waals surface area contributed by atoms with Crippen molar-refractivity contribution in [1.29, 1.82) is 0 Å². The van der Waals surface area contributed by atoms with Gasteiger partial charge in [-0.3, -0.25) is 0 Å². The Morgan fingerprint density at radius 1 is 0.758 bits per heavy atom. The quantitative estimate of drug-likeness (QED) is 0.157. The van der Waals surface area contributed by atoms with Crippen molar-refractivity contribution >= 4 is 63.8 Å². The SMILES string of the molecule is CCCCCCOc1ccc(-n2c3ccsc3c3sc4c(CCCCCC)csc4c32)cc1. The van der Waals surface area contributed by atoms with Crippen molar-refractivity contribution in [3.8, 4) is 11.4 Å². The Morgan fingerprint density at radius 3 is 2.33 bits per heavy atom. The smallest absolute Gasteiger partial charge is 0.119 e. The fourth-order valence-electron chi connectivity index (χ4n) is 4.63. The first-order valence-electron chi connectivity index (χ1n) is 12.5. The minimum atomic E-state index is 0.809. The van der Waals surface area contributed by atoms with Crippen LogP contribution in [0.3, 0.4) is 0 Å². The Bertz CT molecular complexity index is 1320. The highest BCUT2D eigenvalue weighted by Crippen LogP contribution is 2.47. The maximum atomic E-state index is 6.00. The number of aromatic nitrogens is 1. The summed E-state index contributed by atoms with van der Waals surface area (Å²) >= 11 is 5.81. The van der Waals surface area contributed by atoms with Gasteiger partial charge in [0.15, 0.2) is 0 Å². The molecule has 0 amide bonds. The summed E-state index contributed by atoms with van der Waals surface area (Å²) in [4.78, 5) is 0. The third-order valence-corrected chi connectivity index (χ3v) is 9.91. The standard InChI is InChI=1S/C28H33NOS3/c1-3-5-7-9-11-20-19-32-27-24-28(33-25(20)27)26-23(16-18-31-26)29(24)21-12-14-22(15-13-21)30-17-10-8-6-4-2/h12-16,18-19H,3-11,17H2,1-2H3. The van der Waals surface area contributed by atoms with E-state index in [0.717, 1.165) is 18.8 Å². The minimum absolute atomic E-state index is 0.809. The van der Waals surface area contributed by atoms with Crippen molar-refractivity contribution in [2.45, 2.75) is 71.6 Å². The van der Waals surface area contributed by atoms with Crippen molar-refractivity contribution in [2.75, 3.05) is 6.61 Å². The topological polar surface area (TPSA) is 14.2 Å². The lowest BCUT2D eigenvalue weighted by molar-refractivity contribution is 0.305. The van der Waals surface area contributed by atoms with E-state index in [-0.39, 0.29) is 0 Å². The first-order chi connectivity index (χ1) is 16.3. The fraction of sp³-hybridized carbons (Fsp3) is 0.429. The monoisotopic (exact) mass is 495 g/mol. The van der Waals surface area contributed by atoms with Crippen LogP contribution in [0.25, 0.3) is 35.5 Å². The van der Waals surface area contributed by atoms with Crippen LogP contribution in [-0.2, 0) is 6.42 Å². The van der Waals surface area contributed by atoms with Gasteiger partial charge in [-0.1, -0.05) is 52.4 Å². The van der Waals surface area contributed by atoms with E-state index in [1.54, 1.807) is 5.56 Å². The predicted molar refractivity (Wildman–Crippen MR) is 149 cm³/mol. The Kier molecular flexibility index (Phi) is 7.39. The molecule has 0 unspecified atom stereocenters. The Balaban J connectivity index is 1.45. The average Bonchev–Trinajstić information content (AvgIpc) is 3.58. The summed E-state index contributed by atoms with van der Waals surface area (Å²) in [5.41, 5.74) is 5.50. The predicted octanol–water partition coefficient (Wildman–Crippen LogP) is 10.2. The molecule has 0 aliphatic carbocycles. The second-order valence-electron chi connectivity index (χ2n) is 8.88. The number of aryl methyl sites for hydroxylation is 1. The minimum Gasteiger partial charge on any atom is -0.494 e. The molecule has 33 heavy (non-hydrogen) atoms. The number of hydrogen-bond acceptors (Lipinski definition) is 4. The molecule has 174 valence electrons. The highest BCUT2D eigenvalue weighted by atomic mass is 32.1. The highest BCUT2D eigenvalue weighted by Gasteiger charge is 2.21. The van der Waals surface area contributed by atoms with Crippen LogP contribution in [0.15, 0.2) is 41.1 Å². The van der Waals surface area contributed by atoms with Crippen molar-refractivity contribution in [2.24, 2.45) is 0 Å². The van der Waals surface area contributed by atoms with E-state index >= 15 is 0 Å². The Morgan fingerprint density at radius 2 is 1.55 bits per heavy atom. The Hall–Kier alpha value is -1.82. The van der Waals surface area contributed by atoms with Gasteiger partial charge in [0.25, 0.3) is 0 Å². The van der Waals surface area contributed by atoms with Crippen LogP contribution in [0.2, 0.25) is 0 Å². The summed E-state index contributed by atoms with van der Waals surface area (Å²) in [6.07, 6.45) is 11.4. The second kappa shape index (κ2) is 10.6. The number of fused-ring (bicyclic) bond motifs is 5. The normalized spacial score (nSPS) is 11.9. The van der Waals surface area contributed by atoms with Gasteiger partial charge in [-0.15, -0.1) is 34.0 Å². The van der Waals surface area contributed by atoms with Gasteiger partial charge in [-0.2, -0.15) is 0 Å². The number of rotatable bonds is 12. The van der Waals surface area contributed by atoms with Crippen molar-refractivity contribution < 1.29 is 4.74 Å². The molecular weight excluding hydrogens is 463 g/mol. The van der Waals surface area contributed by atoms with Crippen LogP contribution in [0.1, 0.15) is 70.8 Å². The summed E-state index contributed by atoms with van der Waals surface area (Å²) in [5, 5.41) is 4.64. The lowest BCUT2D eigenvalue weighted by atomic mass is 10.1. The molecule has 0 aliphatic heterocycles. The van der Waals surface area contributed by atoms with Crippen LogP contribution < -0.4 is 4.74 Å². The molecule has 4 aromatic heterocycles. The van der Waals surface area contributed by atoms with Gasteiger partial charge >= 0.3 is 0 Å². The number of unbranched alkanes of at least 4 members (excludes halogenated alkanes) is 6. The van der Waals surface area contributed by atoms with Crippen molar-refractivity contribution in [3.63, 3.8) is 0 Å². The molecule has 5 aromatic rings. The van der Waals surface area contributed by atoms with E-state index in [9.17, 15) is 0 Å². The van der Waals surface area contributed by atoms with E-state index in [1.165, 1.54) is 86.9 Å². The summed E-state index contributed by atoms with van der Waals surface area (Å²) in [5.74, 6) is 0.973. The molecule has 5 heteroatoms. The molecule has 0 bridgehead atoms. The summed E-state index contributed by atoms with van der Waals surface area (Å²) in [6, 6.07) is 11.0. The fourth-order valence-corrected chi connectivity index (χ4v) is 8.34. The summed E-state index contributed by atoms with van der Waals surface area (Å²) in [6.45, 7) is 5.34. The number of benzene rings is 1. The first-order valence-corrected chi connectivity index (χ1v) is 15.0. The van der Waals surface area contributed by atoms with Gasteiger partial charge in [-0.25, -0.2) is 0 Å². The molecule has 5 rings (SSSR count). The first kappa shape index (κ1) is 22.9. The third-order valence-electron chi connectivity index (χ3n) is 6.43. The maximum Gasteiger partial charge on any atom is 0.119 e. The second-order valence-corrected chi connectivity index (χ2v) is 11.7. The molecule has 1 aromatic carbocycles. The lowest BCUT2D eigenvalue weighted by Crippen LogP contribution is -1.98. The molecule has 4 heterocycles. The van der Waals surface area contributed by atoms with E-state index in [2.05, 4.69) is 59.5 Å². The van der Waals surface area contributed by atoms with Crippen LogP contribution in [0.5, 0.6) is 5.75 Å². The van der Waals surface area contributed by atoms with Crippen LogP contribution in [0.4, 0.5) is 0 Å². The lowest BCUT2D eigenvalue weighted by Gasteiger charge is -2.09. The van der Waals surface area contributed by atoms with E-state index < -0.39 is 0 Å². The Labute approximate surface area is 208 Å². The molecule has 0 atom stereocenters. The molecule has 0 fully saturated rings. The van der Waals surface area contributed by atoms with Crippen molar-refractivity contribution in [3.05, 3.63) is 46.7 Å². The van der Waals surface area contributed by atoms with Gasteiger partial charge in [0.05, 0.1) is 36.4 Å². The maximum absolute atomic E-state index is 6.00.